The van der Waals surface area contributed by atoms with Crippen LogP contribution in [0.5, 0.6) is 0 Å². The molecule has 0 fully saturated rings. The molecule has 0 bridgehead atoms. The summed E-state index contributed by atoms with van der Waals surface area (Å²) in [6, 6.07) is -1.45. The molecule has 0 saturated carbocycles. The van der Waals surface area contributed by atoms with Gasteiger partial charge in [0.15, 0.2) is 0 Å². The Morgan fingerprint density at radius 3 is 1.90 bits per heavy atom. The number of carbonyl (C=O) groups is 2. The normalized spacial score (nSPS) is 12.4. The molecule has 124 valence electrons. The van der Waals surface area contributed by atoms with Crippen molar-refractivity contribution in [2.75, 3.05) is 13.1 Å². The summed E-state index contributed by atoms with van der Waals surface area (Å²) in [6.45, 7) is 6.43. The van der Waals surface area contributed by atoms with E-state index in [-0.39, 0.29) is 13.0 Å². The topological polar surface area (TPSA) is 60.9 Å². The van der Waals surface area contributed by atoms with E-state index in [0.717, 1.165) is 4.90 Å². The van der Waals surface area contributed by atoms with E-state index in [1.54, 1.807) is 20.8 Å². The summed E-state index contributed by atoms with van der Waals surface area (Å²) >= 11 is 0. The molecule has 0 heterocycles. The minimum atomic E-state index is -4.50. The summed E-state index contributed by atoms with van der Waals surface area (Å²) < 4.78 is 37.8. The number of alkyl halides is 3. The summed E-state index contributed by atoms with van der Waals surface area (Å²) in [6.07, 6.45) is -4.82. The maximum atomic E-state index is 12.6. The summed E-state index contributed by atoms with van der Waals surface area (Å²) in [7, 11) is 0. The Morgan fingerprint density at radius 2 is 1.62 bits per heavy atom. The van der Waals surface area contributed by atoms with Crippen molar-refractivity contribution in [1.29, 1.82) is 0 Å². The van der Waals surface area contributed by atoms with Gasteiger partial charge in [-0.15, -0.1) is 0 Å². The van der Waals surface area contributed by atoms with E-state index < -0.39 is 36.3 Å². The quantitative estimate of drug-likeness (QED) is 0.849. The summed E-state index contributed by atoms with van der Waals surface area (Å²) in [4.78, 5) is 24.9. The zero-order valence-electron chi connectivity index (χ0n) is 13.0. The SMILES string of the molecule is CC(C)N(CC(F)(F)F)C(=O)N(CCC(=O)O)C(C)(C)C. The molecule has 0 aliphatic carbocycles. The highest BCUT2D eigenvalue weighted by molar-refractivity contribution is 5.76. The predicted molar refractivity (Wildman–Crippen MR) is 72.0 cm³/mol. The van der Waals surface area contributed by atoms with Crippen LogP contribution in [-0.4, -0.2) is 57.8 Å². The van der Waals surface area contributed by atoms with Gasteiger partial charge in [0.05, 0.1) is 6.42 Å². The smallest absolute Gasteiger partial charge is 0.406 e. The van der Waals surface area contributed by atoms with E-state index in [1.165, 1.54) is 13.8 Å². The Labute approximate surface area is 122 Å². The largest absolute Gasteiger partial charge is 0.481 e. The molecule has 0 spiro atoms. The van der Waals surface area contributed by atoms with Crippen LogP contribution in [0.15, 0.2) is 0 Å². The number of hydrogen-bond donors (Lipinski definition) is 1. The van der Waals surface area contributed by atoms with Crippen LogP contribution in [0, 0.1) is 0 Å². The van der Waals surface area contributed by atoms with Crippen LogP contribution in [0.3, 0.4) is 0 Å². The molecule has 0 atom stereocenters. The second-order valence-electron chi connectivity index (χ2n) is 6.09. The molecule has 0 aromatic rings. The van der Waals surface area contributed by atoms with Crippen LogP contribution in [-0.2, 0) is 4.79 Å². The molecule has 21 heavy (non-hydrogen) atoms. The van der Waals surface area contributed by atoms with Gasteiger partial charge in [-0.1, -0.05) is 0 Å². The Bertz CT molecular complexity index is 376. The fourth-order valence-corrected chi connectivity index (χ4v) is 1.74. The highest BCUT2D eigenvalue weighted by Crippen LogP contribution is 2.22. The van der Waals surface area contributed by atoms with E-state index in [9.17, 15) is 22.8 Å². The average molecular weight is 312 g/mol. The lowest BCUT2D eigenvalue weighted by atomic mass is 10.1. The Balaban J connectivity index is 5.25. The standard InChI is InChI=1S/C13H23F3N2O3/c1-9(2)17(8-13(14,15)16)11(21)18(12(3,4)5)7-6-10(19)20/h9H,6-8H2,1-5H3,(H,19,20). The molecule has 2 amide bonds. The third-order valence-electron chi connectivity index (χ3n) is 2.81. The highest BCUT2D eigenvalue weighted by Gasteiger charge is 2.38. The monoisotopic (exact) mass is 312 g/mol. The number of aliphatic carboxylic acids is 1. The van der Waals surface area contributed by atoms with Crippen molar-refractivity contribution in [2.24, 2.45) is 0 Å². The van der Waals surface area contributed by atoms with Crippen LogP contribution in [0.1, 0.15) is 41.0 Å². The molecular formula is C13H23F3N2O3. The number of carbonyl (C=O) groups excluding carboxylic acids is 1. The number of halogens is 3. The van der Waals surface area contributed by atoms with Crippen LogP contribution >= 0.6 is 0 Å². The zero-order valence-corrected chi connectivity index (χ0v) is 13.0. The summed E-state index contributed by atoms with van der Waals surface area (Å²) in [5.41, 5.74) is -0.773. The zero-order chi connectivity index (χ0) is 17.0. The third-order valence-corrected chi connectivity index (χ3v) is 2.81. The first-order valence-corrected chi connectivity index (χ1v) is 6.62. The molecule has 1 N–H and O–H groups in total. The van der Waals surface area contributed by atoms with Crippen molar-refractivity contribution >= 4 is 12.0 Å². The maximum absolute atomic E-state index is 12.6. The van der Waals surface area contributed by atoms with Crippen LogP contribution in [0.2, 0.25) is 0 Å². The van der Waals surface area contributed by atoms with Crippen molar-refractivity contribution in [3.05, 3.63) is 0 Å². The van der Waals surface area contributed by atoms with Gasteiger partial charge in [0.2, 0.25) is 0 Å². The minimum Gasteiger partial charge on any atom is -0.481 e. The molecule has 0 aliphatic rings. The van der Waals surface area contributed by atoms with Gasteiger partial charge < -0.3 is 14.9 Å². The first-order chi connectivity index (χ1) is 9.25. The van der Waals surface area contributed by atoms with Crippen LogP contribution < -0.4 is 0 Å². The van der Waals surface area contributed by atoms with Gasteiger partial charge >= 0.3 is 18.2 Å². The van der Waals surface area contributed by atoms with Crippen molar-refractivity contribution in [1.82, 2.24) is 9.80 Å². The molecule has 0 unspecified atom stereocenters. The molecule has 5 nitrogen and oxygen atoms in total. The summed E-state index contributed by atoms with van der Waals surface area (Å²) in [5, 5.41) is 8.71. The number of nitrogens with zero attached hydrogens (tertiary/aromatic N) is 2. The van der Waals surface area contributed by atoms with Crippen molar-refractivity contribution < 1.29 is 27.9 Å². The van der Waals surface area contributed by atoms with Gasteiger partial charge in [-0.05, 0) is 34.6 Å². The second-order valence-corrected chi connectivity index (χ2v) is 6.09. The number of rotatable bonds is 5. The molecule has 0 radical (unpaired) electrons. The molecule has 8 heteroatoms. The lowest BCUT2D eigenvalue weighted by molar-refractivity contribution is -0.145. The third kappa shape index (κ3) is 7.19. The first kappa shape index (κ1) is 19.5. The van der Waals surface area contributed by atoms with Gasteiger partial charge in [-0.3, -0.25) is 4.79 Å². The fourth-order valence-electron chi connectivity index (χ4n) is 1.74. The van der Waals surface area contributed by atoms with Crippen LogP contribution in [0.25, 0.3) is 0 Å². The number of carboxylic acid groups (broad SMARTS) is 1. The van der Waals surface area contributed by atoms with Crippen molar-refractivity contribution in [2.45, 2.75) is 58.8 Å². The molecule has 0 aliphatic heterocycles. The van der Waals surface area contributed by atoms with Gasteiger partial charge in [-0.25, -0.2) is 4.79 Å². The van der Waals surface area contributed by atoms with Gasteiger partial charge in [-0.2, -0.15) is 13.2 Å². The van der Waals surface area contributed by atoms with E-state index in [0.29, 0.717) is 4.90 Å². The number of carboxylic acids is 1. The van der Waals surface area contributed by atoms with E-state index in [2.05, 4.69) is 0 Å². The Kier molecular flexibility index (Phi) is 6.51. The van der Waals surface area contributed by atoms with Crippen molar-refractivity contribution in [3.8, 4) is 0 Å². The first-order valence-electron chi connectivity index (χ1n) is 6.62. The van der Waals surface area contributed by atoms with Crippen molar-refractivity contribution in [3.63, 3.8) is 0 Å². The average Bonchev–Trinajstić information content (AvgIpc) is 2.21. The molecule has 0 aromatic carbocycles. The van der Waals surface area contributed by atoms with Gasteiger partial charge in [0.1, 0.15) is 6.54 Å². The molecule has 0 rings (SSSR count). The number of amides is 2. The van der Waals surface area contributed by atoms with Gasteiger partial charge in [0, 0.05) is 18.1 Å². The molecule has 0 aromatic heterocycles. The number of urea groups is 1. The second kappa shape index (κ2) is 7.00. The Morgan fingerprint density at radius 1 is 1.14 bits per heavy atom. The molecular weight excluding hydrogens is 289 g/mol. The number of hydrogen-bond acceptors (Lipinski definition) is 2. The fraction of sp³-hybridized carbons (Fsp3) is 0.846. The van der Waals surface area contributed by atoms with E-state index in [1.807, 2.05) is 0 Å². The van der Waals surface area contributed by atoms with E-state index in [4.69, 9.17) is 5.11 Å². The maximum Gasteiger partial charge on any atom is 0.406 e. The van der Waals surface area contributed by atoms with Crippen LogP contribution in [0.4, 0.5) is 18.0 Å². The molecule has 0 saturated heterocycles. The lowest BCUT2D eigenvalue weighted by Crippen LogP contribution is -2.56. The lowest BCUT2D eigenvalue weighted by Gasteiger charge is -2.40. The Hall–Kier alpha value is -1.47. The predicted octanol–water partition coefficient (Wildman–Crippen LogP) is 2.95. The van der Waals surface area contributed by atoms with Gasteiger partial charge in [0.25, 0.3) is 0 Å². The highest BCUT2D eigenvalue weighted by atomic mass is 19.4. The minimum absolute atomic E-state index is 0.140. The van der Waals surface area contributed by atoms with E-state index >= 15 is 0 Å². The summed E-state index contributed by atoms with van der Waals surface area (Å²) in [5.74, 6) is -1.11.